The van der Waals surface area contributed by atoms with Gasteiger partial charge in [-0.1, -0.05) is 24.3 Å². The van der Waals surface area contributed by atoms with Crippen LogP contribution in [0.3, 0.4) is 0 Å². The van der Waals surface area contributed by atoms with Crippen LogP contribution >= 0.6 is 0 Å². The Hall–Kier alpha value is -2.43. The lowest BCUT2D eigenvalue weighted by Crippen LogP contribution is -2.28. The summed E-state index contributed by atoms with van der Waals surface area (Å²) in [6, 6.07) is 7.81. The molecule has 0 radical (unpaired) electrons. The largest absolute Gasteiger partial charge is 0.378 e. The fourth-order valence-electron chi connectivity index (χ4n) is 3.98. The fourth-order valence-corrected chi connectivity index (χ4v) is 3.98. The van der Waals surface area contributed by atoms with E-state index in [1.165, 1.54) is 0 Å². The zero-order chi connectivity index (χ0) is 16.1. The first-order chi connectivity index (χ1) is 11.1. The van der Waals surface area contributed by atoms with E-state index in [1.54, 1.807) is 6.21 Å². The average Bonchev–Trinajstić information content (AvgIpc) is 3.21. The summed E-state index contributed by atoms with van der Waals surface area (Å²) in [4.78, 5) is 27.0. The van der Waals surface area contributed by atoms with Crippen molar-refractivity contribution in [2.75, 3.05) is 19.0 Å². The molecule has 1 saturated heterocycles. The molecule has 1 heterocycles. The normalized spacial score (nSPS) is 31.5. The summed E-state index contributed by atoms with van der Waals surface area (Å²) < 4.78 is 0. The number of amides is 2. The van der Waals surface area contributed by atoms with E-state index in [2.05, 4.69) is 17.3 Å². The molecule has 4 atom stereocenters. The molecule has 1 aliphatic heterocycles. The van der Waals surface area contributed by atoms with Gasteiger partial charge in [-0.25, -0.2) is 0 Å². The third kappa shape index (κ3) is 2.11. The predicted octanol–water partition coefficient (Wildman–Crippen LogP) is 1.89. The number of anilines is 1. The molecular weight excluding hydrogens is 290 g/mol. The first kappa shape index (κ1) is 14.2. The molecule has 3 aliphatic rings. The van der Waals surface area contributed by atoms with Crippen molar-refractivity contribution in [3.63, 3.8) is 0 Å². The highest BCUT2D eigenvalue weighted by Crippen LogP contribution is 2.52. The van der Waals surface area contributed by atoms with Crippen molar-refractivity contribution in [2.45, 2.75) is 6.42 Å². The minimum absolute atomic E-state index is 0.141. The SMILES string of the molecule is CN(C)c1ccc(/C=N/N2C(=O)C3C4C=CC(C4)C3C2=O)cc1. The Bertz CT molecular complexity index is 690. The molecule has 5 heteroatoms. The highest BCUT2D eigenvalue weighted by molar-refractivity contribution is 6.06. The zero-order valence-corrected chi connectivity index (χ0v) is 13.2. The van der Waals surface area contributed by atoms with E-state index in [-0.39, 0.29) is 35.5 Å². The molecule has 2 bridgehead atoms. The smallest absolute Gasteiger partial charge is 0.254 e. The molecule has 4 rings (SSSR count). The second kappa shape index (κ2) is 5.05. The van der Waals surface area contributed by atoms with Gasteiger partial charge in [0, 0.05) is 19.8 Å². The summed E-state index contributed by atoms with van der Waals surface area (Å²) in [6.45, 7) is 0. The Morgan fingerprint density at radius 2 is 1.61 bits per heavy atom. The Balaban J connectivity index is 1.53. The molecule has 5 nitrogen and oxygen atoms in total. The quantitative estimate of drug-likeness (QED) is 0.487. The minimum atomic E-state index is -0.189. The monoisotopic (exact) mass is 309 g/mol. The van der Waals surface area contributed by atoms with Gasteiger partial charge in [0.05, 0.1) is 18.1 Å². The van der Waals surface area contributed by atoms with Gasteiger partial charge >= 0.3 is 0 Å². The molecule has 0 spiro atoms. The lowest BCUT2D eigenvalue weighted by molar-refractivity contribution is -0.140. The minimum Gasteiger partial charge on any atom is -0.378 e. The third-order valence-corrected chi connectivity index (χ3v) is 5.18. The van der Waals surface area contributed by atoms with Gasteiger partial charge in [0.15, 0.2) is 0 Å². The number of hydrogen-bond donors (Lipinski definition) is 0. The van der Waals surface area contributed by atoms with Crippen molar-refractivity contribution >= 4 is 23.7 Å². The van der Waals surface area contributed by atoms with Crippen LogP contribution in [0.1, 0.15) is 12.0 Å². The Morgan fingerprint density at radius 1 is 1.04 bits per heavy atom. The van der Waals surface area contributed by atoms with E-state index in [1.807, 2.05) is 43.3 Å². The predicted molar refractivity (Wildman–Crippen MR) is 87.9 cm³/mol. The number of hydrazone groups is 1. The summed E-state index contributed by atoms with van der Waals surface area (Å²) >= 11 is 0. The lowest BCUT2D eigenvalue weighted by Gasteiger charge is -2.13. The van der Waals surface area contributed by atoms with Crippen LogP contribution in [0, 0.1) is 23.7 Å². The maximum Gasteiger partial charge on any atom is 0.254 e. The number of hydrogen-bond acceptors (Lipinski definition) is 4. The highest BCUT2D eigenvalue weighted by atomic mass is 16.2. The van der Waals surface area contributed by atoms with Crippen molar-refractivity contribution in [1.29, 1.82) is 0 Å². The van der Waals surface area contributed by atoms with E-state index in [4.69, 9.17) is 0 Å². The fraction of sp³-hybridized carbons (Fsp3) is 0.389. The summed E-state index contributed by atoms with van der Waals surface area (Å²) in [7, 11) is 3.96. The van der Waals surface area contributed by atoms with Crippen molar-refractivity contribution in [2.24, 2.45) is 28.8 Å². The molecule has 4 unspecified atom stereocenters. The first-order valence-corrected chi connectivity index (χ1v) is 7.94. The van der Waals surface area contributed by atoms with Gasteiger partial charge in [-0.3, -0.25) is 9.59 Å². The number of fused-ring (bicyclic) bond motifs is 5. The molecule has 2 amide bonds. The van der Waals surface area contributed by atoms with E-state index in [0.717, 1.165) is 22.7 Å². The van der Waals surface area contributed by atoms with E-state index in [9.17, 15) is 9.59 Å². The number of carbonyl (C=O) groups is 2. The number of rotatable bonds is 3. The first-order valence-electron chi connectivity index (χ1n) is 7.94. The molecule has 0 aromatic heterocycles. The Morgan fingerprint density at radius 3 is 2.13 bits per heavy atom. The second-order valence-corrected chi connectivity index (χ2v) is 6.72. The Kier molecular flexibility index (Phi) is 3.11. The summed E-state index contributed by atoms with van der Waals surface area (Å²) in [6.07, 6.45) is 6.70. The standard InChI is InChI=1S/C18H19N3O2/c1-20(2)14-7-3-11(4-8-14)10-19-21-17(22)15-12-5-6-13(9-12)16(15)18(21)23/h3-8,10,12-13,15-16H,9H2,1-2H3/b19-10+. The van der Waals surface area contributed by atoms with Crippen LogP contribution in [0.15, 0.2) is 41.5 Å². The van der Waals surface area contributed by atoms with Crippen LogP contribution in [-0.4, -0.2) is 37.1 Å². The lowest BCUT2D eigenvalue weighted by atomic mass is 9.85. The summed E-state index contributed by atoms with van der Waals surface area (Å²) in [5, 5.41) is 5.26. The van der Waals surface area contributed by atoms with Gasteiger partial charge in [0.1, 0.15) is 0 Å². The maximum atomic E-state index is 12.5. The van der Waals surface area contributed by atoms with Gasteiger partial charge < -0.3 is 4.90 Å². The molecule has 1 aromatic carbocycles. The van der Waals surface area contributed by atoms with Crippen LogP contribution in [0.2, 0.25) is 0 Å². The molecule has 0 N–H and O–H groups in total. The number of allylic oxidation sites excluding steroid dienone is 2. The molecule has 118 valence electrons. The van der Waals surface area contributed by atoms with Crippen molar-refractivity contribution in [3.05, 3.63) is 42.0 Å². The molecule has 1 aromatic rings. The molecule has 23 heavy (non-hydrogen) atoms. The van der Waals surface area contributed by atoms with Crippen LogP contribution in [0.25, 0.3) is 0 Å². The summed E-state index contributed by atoms with van der Waals surface area (Å²) in [5.41, 5.74) is 1.96. The van der Waals surface area contributed by atoms with Crippen LogP contribution < -0.4 is 4.90 Å². The van der Waals surface area contributed by atoms with Gasteiger partial charge in [-0.05, 0) is 36.0 Å². The number of benzene rings is 1. The van der Waals surface area contributed by atoms with E-state index < -0.39 is 0 Å². The van der Waals surface area contributed by atoms with Gasteiger partial charge in [0.25, 0.3) is 11.8 Å². The topological polar surface area (TPSA) is 53.0 Å². The van der Waals surface area contributed by atoms with Crippen LogP contribution in [-0.2, 0) is 9.59 Å². The van der Waals surface area contributed by atoms with Gasteiger partial charge in [0.2, 0.25) is 0 Å². The number of carbonyl (C=O) groups excluding carboxylic acids is 2. The van der Waals surface area contributed by atoms with Crippen molar-refractivity contribution < 1.29 is 9.59 Å². The number of nitrogens with zero attached hydrogens (tertiary/aromatic N) is 3. The number of imide groups is 1. The van der Waals surface area contributed by atoms with Crippen molar-refractivity contribution in [3.8, 4) is 0 Å². The van der Waals surface area contributed by atoms with E-state index >= 15 is 0 Å². The van der Waals surface area contributed by atoms with Crippen LogP contribution in [0.5, 0.6) is 0 Å². The van der Waals surface area contributed by atoms with Crippen molar-refractivity contribution in [1.82, 2.24) is 5.01 Å². The molecular formula is C18H19N3O2. The zero-order valence-electron chi connectivity index (χ0n) is 13.2. The van der Waals surface area contributed by atoms with E-state index in [0.29, 0.717) is 0 Å². The average molecular weight is 309 g/mol. The van der Waals surface area contributed by atoms with Gasteiger partial charge in [-0.15, -0.1) is 0 Å². The third-order valence-electron chi connectivity index (χ3n) is 5.18. The maximum absolute atomic E-state index is 12.5. The highest BCUT2D eigenvalue weighted by Gasteiger charge is 2.59. The van der Waals surface area contributed by atoms with Crippen LogP contribution in [0.4, 0.5) is 5.69 Å². The van der Waals surface area contributed by atoms with Gasteiger partial charge in [-0.2, -0.15) is 10.1 Å². The molecule has 2 fully saturated rings. The molecule has 2 aliphatic carbocycles. The molecule has 1 saturated carbocycles. The summed E-state index contributed by atoms with van der Waals surface area (Å²) in [5.74, 6) is -0.213. The Labute approximate surface area is 135 Å². The second-order valence-electron chi connectivity index (χ2n) is 6.72.